The van der Waals surface area contributed by atoms with E-state index >= 15 is 0 Å². The lowest BCUT2D eigenvalue weighted by Crippen LogP contribution is -1.98. The van der Waals surface area contributed by atoms with Crippen LogP contribution < -0.4 is 5.73 Å². The quantitative estimate of drug-likeness (QED) is 0.769. The van der Waals surface area contributed by atoms with Crippen LogP contribution in [-0.2, 0) is 6.54 Å². The van der Waals surface area contributed by atoms with Crippen molar-refractivity contribution < 1.29 is 4.39 Å². The van der Waals surface area contributed by atoms with E-state index in [-0.39, 0.29) is 5.82 Å². The summed E-state index contributed by atoms with van der Waals surface area (Å²) in [6.45, 7) is 2.16. The van der Waals surface area contributed by atoms with Gasteiger partial charge in [0.05, 0.1) is 0 Å². The maximum Gasteiger partial charge on any atom is 0.127 e. The fourth-order valence-electron chi connectivity index (χ4n) is 0.873. The van der Waals surface area contributed by atoms with Gasteiger partial charge in [0, 0.05) is 11.0 Å². The van der Waals surface area contributed by atoms with E-state index in [1.54, 1.807) is 13.0 Å². The molecule has 0 aliphatic heterocycles. The van der Waals surface area contributed by atoms with E-state index in [1.165, 1.54) is 6.07 Å². The number of aryl methyl sites for hydroxylation is 1. The summed E-state index contributed by atoms with van der Waals surface area (Å²) in [6, 6.07) is 3.19. The largest absolute Gasteiger partial charge is 0.326 e. The monoisotopic (exact) mass is 217 g/mol. The van der Waals surface area contributed by atoms with Crippen molar-refractivity contribution in [3.05, 3.63) is 33.5 Å². The molecular formula is C8H9BrFN. The molecule has 0 aliphatic rings. The van der Waals surface area contributed by atoms with Crippen LogP contribution in [0.4, 0.5) is 4.39 Å². The highest BCUT2D eigenvalue weighted by Gasteiger charge is 2.02. The first-order valence-electron chi connectivity index (χ1n) is 3.29. The molecular weight excluding hydrogens is 209 g/mol. The van der Waals surface area contributed by atoms with E-state index in [1.807, 2.05) is 0 Å². The predicted octanol–water partition coefficient (Wildman–Crippen LogP) is 2.36. The van der Waals surface area contributed by atoms with E-state index in [9.17, 15) is 4.39 Å². The van der Waals surface area contributed by atoms with Gasteiger partial charge in [-0.1, -0.05) is 22.0 Å². The third kappa shape index (κ3) is 1.79. The van der Waals surface area contributed by atoms with Crippen LogP contribution in [0.5, 0.6) is 0 Å². The molecule has 0 bridgehead atoms. The summed E-state index contributed by atoms with van der Waals surface area (Å²) in [4.78, 5) is 0. The summed E-state index contributed by atoms with van der Waals surface area (Å²) in [5.41, 5.74) is 6.98. The van der Waals surface area contributed by atoms with Gasteiger partial charge >= 0.3 is 0 Å². The second-order valence-corrected chi connectivity index (χ2v) is 3.25. The molecule has 1 aromatic rings. The molecule has 11 heavy (non-hydrogen) atoms. The van der Waals surface area contributed by atoms with Crippen LogP contribution >= 0.6 is 15.9 Å². The van der Waals surface area contributed by atoms with Crippen LogP contribution in [0.2, 0.25) is 0 Å². The first-order valence-corrected chi connectivity index (χ1v) is 4.09. The lowest BCUT2D eigenvalue weighted by Gasteiger charge is -2.03. The molecule has 0 aromatic heterocycles. The number of rotatable bonds is 1. The van der Waals surface area contributed by atoms with Crippen LogP contribution in [0.25, 0.3) is 0 Å². The molecule has 1 rings (SSSR count). The van der Waals surface area contributed by atoms with Gasteiger partial charge in [0.25, 0.3) is 0 Å². The third-order valence-electron chi connectivity index (χ3n) is 1.55. The average molecular weight is 218 g/mol. The molecule has 3 heteroatoms. The molecule has 60 valence electrons. The molecule has 0 spiro atoms. The lowest BCUT2D eigenvalue weighted by molar-refractivity contribution is 0.616. The highest BCUT2D eigenvalue weighted by atomic mass is 79.9. The van der Waals surface area contributed by atoms with E-state index < -0.39 is 0 Å². The van der Waals surface area contributed by atoms with Crippen LogP contribution in [0, 0.1) is 12.7 Å². The van der Waals surface area contributed by atoms with Gasteiger partial charge in [-0.15, -0.1) is 0 Å². The van der Waals surface area contributed by atoms with Gasteiger partial charge in [-0.05, 0) is 24.1 Å². The zero-order chi connectivity index (χ0) is 8.43. The Labute approximate surface area is 73.5 Å². The molecule has 0 fully saturated rings. The van der Waals surface area contributed by atoms with Crippen molar-refractivity contribution in [2.24, 2.45) is 5.73 Å². The van der Waals surface area contributed by atoms with Gasteiger partial charge in [0.1, 0.15) is 5.82 Å². The van der Waals surface area contributed by atoms with E-state index in [0.29, 0.717) is 12.1 Å². The molecule has 0 radical (unpaired) electrons. The maximum absolute atomic E-state index is 12.8. The van der Waals surface area contributed by atoms with Crippen molar-refractivity contribution in [2.45, 2.75) is 13.5 Å². The summed E-state index contributed by atoms with van der Waals surface area (Å²) < 4.78 is 13.6. The second-order valence-electron chi connectivity index (χ2n) is 2.40. The summed E-state index contributed by atoms with van der Waals surface area (Å²) in [5, 5.41) is 0. The normalized spacial score (nSPS) is 10.2. The van der Waals surface area contributed by atoms with E-state index in [4.69, 9.17) is 5.73 Å². The summed E-state index contributed by atoms with van der Waals surface area (Å²) in [7, 11) is 0. The smallest absolute Gasteiger partial charge is 0.127 e. The van der Waals surface area contributed by atoms with Crippen LogP contribution in [0.3, 0.4) is 0 Å². The highest BCUT2D eigenvalue weighted by molar-refractivity contribution is 9.10. The molecule has 0 unspecified atom stereocenters. The molecule has 0 amide bonds. The van der Waals surface area contributed by atoms with Gasteiger partial charge < -0.3 is 5.73 Å². The number of hydrogen-bond acceptors (Lipinski definition) is 1. The van der Waals surface area contributed by atoms with Gasteiger partial charge in [-0.2, -0.15) is 0 Å². The zero-order valence-corrected chi connectivity index (χ0v) is 7.78. The number of benzene rings is 1. The first kappa shape index (κ1) is 8.68. The van der Waals surface area contributed by atoms with Crippen molar-refractivity contribution in [1.29, 1.82) is 0 Å². The fraction of sp³-hybridized carbons (Fsp3) is 0.250. The summed E-state index contributed by atoms with van der Waals surface area (Å²) >= 11 is 3.22. The summed E-state index contributed by atoms with van der Waals surface area (Å²) in [6.07, 6.45) is 0. The summed E-state index contributed by atoms with van der Waals surface area (Å²) in [5.74, 6) is -0.200. The van der Waals surface area contributed by atoms with Gasteiger partial charge in [-0.3, -0.25) is 0 Å². The van der Waals surface area contributed by atoms with Crippen molar-refractivity contribution in [2.75, 3.05) is 0 Å². The minimum absolute atomic E-state index is 0.200. The van der Waals surface area contributed by atoms with Crippen molar-refractivity contribution in [1.82, 2.24) is 0 Å². The predicted molar refractivity (Wildman–Crippen MR) is 46.7 cm³/mol. The molecule has 0 saturated heterocycles. The second kappa shape index (κ2) is 3.32. The Bertz CT molecular complexity index is 273. The number of halogens is 2. The third-order valence-corrected chi connectivity index (χ3v) is 2.29. The molecule has 1 nitrogen and oxygen atoms in total. The molecule has 1 aromatic carbocycles. The molecule has 0 aliphatic carbocycles. The molecule has 0 heterocycles. The van der Waals surface area contributed by atoms with Crippen LogP contribution in [-0.4, -0.2) is 0 Å². The van der Waals surface area contributed by atoms with Crippen molar-refractivity contribution >= 4 is 15.9 Å². The lowest BCUT2D eigenvalue weighted by atomic mass is 10.1. The average Bonchev–Trinajstić information content (AvgIpc) is 1.97. The Morgan fingerprint density at radius 1 is 1.55 bits per heavy atom. The molecule has 0 saturated carbocycles. The number of hydrogen-bond donors (Lipinski definition) is 1. The van der Waals surface area contributed by atoms with Crippen LogP contribution in [0.15, 0.2) is 16.6 Å². The highest BCUT2D eigenvalue weighted by Crippen LogP contribution is 2.20. The van der Waals surface area contributed by atoms with Gasteiger partial charge in [-0.25, -0.2) is 4.39 Å². The van der Waals surface area contributed by atoms with E-state index in [0.717, 1.165) is 10.0 Å². The SMILES string of the molecule is Cc1cc(CN)c(Br)cc1F. The molecule has 2 N–H and O–H groups in total. The minimum atomic E-state index is -0.200. The first-order chi connectivity index (χ1) is 5.15. The Morgan fingerprint density at radius 3 is 2.73 bits per heavy atom. The number of nitrogens with two attached hydrogens (primary N) is 1. The van der Waals surface area contributed by atoms with Crippen LogP contribution in [0.1, 0.15) is 11.1 Å². The zero-order valence-electron chi connectivity index (χ0n) is 6.20. The van der Waals surface area contributed by atoms with Gasteiger partial charge in [0.2, 0.25) is 0 Å². The Kier molecular flexibility index (Phi) is 2.62. The Hall–Kier alpha value is -0.410. The Balaban J connectivity index is 3.21. The van der Waals surface area contributed by atoms with Gasteiger partial charge in [0.15, 0.2) is 0 Å². The Morgan fingerprint density at radius 2 is 2.18 bits per heavy atom. The standard InChI is InChI=1S/C8H9BrFN/c1-5-2-6(4-11)7(9)3-8(5)10/h2-3H,4,11H2,1H3. The van der Waals surface area contributed by atoms with Crippen molar-refractivity contribution in [3.63, 3.8) is 0 Å². The molecule has 0 atom stereocenters. The van der Waals surface area contributed by atoms with Crippen molar-refractivity contribution in [3.8, 4) is 0 Å². The topological polar surface area (TPSA) is 26.0 Å². The van der Waals surface area contributed by atoms with E-state index in [2.05, 4.69) is 15.9 Å². The minimum Gasteiger partial charge on any atom is -0.326 e. The fourth-order valence-corrected chi connectivity index (χ4v) is 1.35. The maximum atomic E-state index is 12.8.